The van der Waals surface area contributed by atoms with Crippen molar-refractivity contribution < 1.29 is 74.1 Å². The summed E-state index contributed by atoms with van der Waals surface area (Å²) < 4.78 is 37.4. The van der Waals surface area contributed by atoms with Crippen molar-refractivity contribution in [1.29, 1.82) is 0 Å². The number of hydrogen-bond acceptors (Lipinski definition) is 15. The number of aliphatic hydroxyl groups is 8. The van der Waals surface area contributed by atoms with E-state index >= 15 is 0 Å². The highest BCUT2D eigenvalue weighted by Gasteiger charge is 2.85. The zero-order chi connectivity index (χ0) is 42.3. The number of rotatable bonds is 8. The average Bonchev–Trinajstić information content (AvgIpc) is 3.49. The van der Waals surface area contributed by atoms with E-state index in [1.165, 1.54) is 6.92 Å². The van der Waals surface area contributed by atoms with Gasteiger partial charge < -0.3 is 69.3 Å². The van der Waals surface area contributed by atoms with Crippen LogP contribution in [-0.2, 0) is 33.2 Å². The minimum atomic E-state index is -1.62. The van der Waals surface area contributed by atoms with Crippen LogP contribution in [0.3, 0.4) is 0 Å². The third-order valence-corrected chi connectivity index (χ3v) is 17.9. The summed E-state index contributed by atoms with van der Waals surface area (Å²) in [4.78, 5) is 11.9. The van der Waals surface area contributed by atoms with E-state index < -0.39 is 103 Å². The van der Waals surface area contributed by atoms with E-state index in [9.17, 15) is 45.6 Å². The van der Waals surface area contributed by atoms with Gasteiger partial charge in [-0.15, -0.1) is 0 Å². The molecule has 15 heteroatoms. The summed E-state index contributed by atoms with van der Waals surface area (Å²) in [6.07, 6.45) is -7.63. The van der Waals surface area contributed by atoms with Gasteiger partial charge in [-0.25, -0.2) is 0 Å². The largest absolute Gasteiger partial charge is 0.457 e. The van der Waals surface area contributed by atoms with Gasteiger partial charge in [0.15, 0.2) is 18.7 Å². The quantitative estimate of drug-likeness (QED) is 0.127. The van der Waals surface area contributed by atoms with Gasteiger partial charge in [0.2, 0.25) is 0 Å². The molecule has 0 radical (unpaired) electrons. The van der Waals surface area contributed by atoms with Gasteiger partial charge in [-0.3, -0.25) is 4.79 Å². The molecule has 5 aliphatic carbocycles. The Labute approximate surface area is 341 Å². The Balaban J connectivity index is 1.14. The molecule has 5 saturated carbocycles. The van der Waals surface area contributed by atoms with Crippen molar-refractivity contribution in [3.63, 3.8) is 0 Å². The second-order valence-corrected chi connectivity index (χ2v) is 21.6. The number of hydrogen-bond donors (Lipinski definition) is 8. The summed E-state index contributed by atoms with van der Waals surface area (Å²) in [6.45, 7) is 15.0. The molecule has 8 aliphatic rings. The fourth-order valence-electron chi connectivity index (χ4n) is 15.2. The van der Waals surface area contributed by atoms with E-state index in [1.54, 1.807) is 13.8 Å². The second-order valence-electron chi connectivity index (χ2n) is 21.6. The van der Waals surface area contributed by atoms with E-state index in [1.807, 2.05) is 0 Å². The van der Waals surface area contributed by atoms with Crippen molar-refractivity contribution >= 4 is 5.97 Å². The molecule has 8 unspecified atom stereocenters. The highest BCUT2D eigenvalue weighted by atomic mass is 16.7. The molecule has 2 spiro atoms. The molecule has 0 aromatic carbocycles. The number of aliphatic hydroxyl groups excluding tert-OH is 7. The van der Waals surface area contributed by atoms with Gasteiger partial charge in [-0.2, -0.15) is 0 Å². The van der Waals surface area contributed by atoms with Crippen LogP contribution in [0.25, 0.3) is 0 Å². The molecule has 8 N–H and O–H groups in total. The van der Waals surface area contributed by atoms with Crippen LogP contribution in [-0.4, -0.2) is 151 Å². The Morgan fingerprint density at radius 3 is 2.14 bits per heavy atom. The summed E-state index contributed by atoms with van der Waals surface area (Å²) in [5, 5.41) is 87.8. The monoisotopic (exact) mass is 826 g/mol. The van der Waals surface area contributed by atoms with Crippen molar-refractivity contribution in [2.75, 3.05) is 13.2 Å². The number of carbonyl (C=O) groups is 1. The normalized spacial score (nSPS) is 56.1. The minimum absolute atomic E-state index is 0.0855. The number of carbonyl (C=O) groups excluding carboxylic acids is 1. The summed E-state index contributed by atoms with van der Waals surface area (Å²) in [5.74, 6) is -0.920. The molecule has 0 aromatic rings. The van der Waals surface area contributed by atoms with Gasteiger partial charge in [-0.05, 0) is 117 Å². The molecule has 8 rings (SSSR count). The van der Waals surface area contributed by atoms with Crippen molar-refractivity contribution in [2.45, 2.75) is 204 Å². The summed E-state index contributed by atoms with van der Waals surface area (Å²) in [6, 6.07) is 0. The van der Waals surface area contributed by atoms with Gasteiger partial charge in [-0.1, -0.05) is 27.7 Å². The third kappa shape index (κ3) is 6.17. The Morgan fingerprint density at radius 2 is 1.50 bits per heavy atom. The fraction of sp³-hybridized carbons (Fsp3) is 0.977. The molecule has 21 atom stereocenters. The highest BCUT2D eigenvalue weighted by molar-refractivity contribution is 5.66. The van der Waals surface area contributed by atoms with Crippen LogP contribution in [0.1, 0.15) is 113 Å². The van der Waals surface area contributed by atoms with Gasteiger partial charge >= 0.3 is 5.97 Å². The lowest BCUT2D eigenvalue weighted by Crippen LogP contribution is -2.65. The molecule has 332 valence electrons. The zero-order valence-corrected chi connectivity index (χ0v) is 35.5. The number of esters is 1. The van der Waals surface area contributed by atoms with Gasteiger partial charge in [0, 0.05) is 12.8 Å². The molecule has 0 amide bonds. The van der Waals surface area contributed by atoms with Crippen LogP contribution in [0.2, 0.25) is 0 Å². The van der Waals surface area contributed by atoms with E-state index in [0.717, 1.165) is 32.1 Å². The lowest BCUT2D eigenvalue weighted by atomic mass is 9.41. The molecule has 15 nitrogen and oxygen atoms in total. The van der Waals surface area contributed by atoms with Crippen molar-refractivity contribution in [3.05, 3.63) is 0 Å². The predicted molar refractivity (Wildman–Crippen MR) is 203 cm³/mol. The average molecular weight is 827 g/mol. The first kappa shape index (κ1) is 43.6. The molecular weight excluding hydrogens is 756 g/mol. The highest BCUT2D eigenvalue weighted by Crippen LogP contribution is 2.89. The Kier molecular flexibility index (Phi) is 10.7. The van der Waals surface area contributed by atoms with Crippen molar-refractivity contribution in [2.24, 2.45) is 44.8 Å². The lowest BCUT2D eigenvalue weighted by Gasteiger charge is -2.65. The first-order valence-corrected chi connectivity index (χ1v) is 21.8. The SMILES string of the molecule is CC(=O)O[C@H]1[C@H](O)COC(O[C@H]2CCC34CC35CC[C@]3(C)C([C@@]6(C)CCC(C(C)(C)O)O6)[C@@H](O)C[C@@]3(C)C5C[C@H](OC3O[C@H](CO)[C@@H](O)[C@H](O)[C@H]3O)C4C2(C)C)[C@@H]1O. The van der Waals surface area contributed by atoms with Gasteiger partial charge in [0.1, 0.15) is 36.6 Å². The van der Waals surface area contributed by atoms with E-state index in [-0.39, 0.29) is 52.1 Å². The third-order valence-electron chi connectivity index (χ3n) is 17.9. The van der Waals surface area contributed by atoms with E-state index in [2.05, 4.69) is 34.6 Å². The molecule has 3 heterocycles. The van der Waals surface area contributed by atoms with E-state index in [0.29, 0.717) is 25.7 Å². The molecule has 0 bridgehead atoms. The van der Waals surface area contributed by atoms with Gasteiger partial charge in [0.25, 0.3) is 0 Å². The molecule has 3 saturated heterocycles. The fourth-order valence-corrected chi connectivity index (χ4v) is 15.2. The van der Waals surface area contributed by atoms with Crippen LogP contribution in [0.4, 0.5) is 0 Å². The van der Waals surface area contributed by atoms with Gasteiger partial charge in [0.05, 0.1) is 48.8 Å². The maximum Gasteiger partial charge on any atom is 0.303 e. The number of fused-ring (bicyclic) bond motifs is 2. The molecule has 8 fully saturated rings. The first-order chi connectivity index (χ1) is 26.9. The van der Waals surface area contributed by atoms with E-state index in [4.69, 9.17) is 28.4 Å². The summed E-state index contributed by atoms with van der Waals surface area (Å²) in [5.41, 5.74) is -3.30. The standard InChI is InChI=1S/C43H70O15/c1-20(45)54-32-22(47)18-53-35(31(32)51)57-26-10-12-43-19-42(43)14-13-39(6)33(41(8)11-9-27(58-41)38(4,5)52)21(46)16-40(39,7)25(42)15-23(34(43)37(26,2)3)55-36-30(50)29(49)28(48)24(17-44)56-36/h21-36,44,46-52H,9-19H2,1-8H3/t21-,22+,23-,24+,25?,26-,27?,28+,29-,30+,31+,32-,33?,34?,35?,36?,39+,40-,41+,42?,43?/m0/s1. The topological polar surface area (TPSA) is 234 Å². The summed E-state index contributed by atoms with van der Waals surface area (Å²) >= 11 is 0. The van der Waals surface area contributed by atoms with Crippen LogP contribution in [0, 0.1) is 44.8 Å². The molecule has 3 aliphatic heterocycles. The van der Waals surface area contributed by atoms with Crippen LogP contribution in [0.15, 0.2) is 0 Å². The number of ether oxygens (including phenoxy) is 6. The van der Waals surface area contributed by atoms with Crippen LogP contribution < -0.4 is 0 Å². The molecule has 0 aromatic heterocycles. The lowest BCUT2D eigenvalue weighted by molar-refractivity contribution is -0.339. The first-order valence-electron chi connectivity index (χ1n) is 21.8. The van der Waals surface area contributed by atoms with Crippen molar-refractivity contribution in [1.82, 2.24) is 0 Å². The maximum absolute atomic E-state index is 12.2. The zero-order valence-electron chi connectivity index (χ0n) is 35.5. The maximum atomic E-state index is 12.2. The smallest absolute Gasteiger partial charge is 0.303 e. The second kappa shape index (κ2) is 14.2. The Morgan fingerprint density at radius 1 is 0.793 bits per heavy atom. The minimum Gasteiger partial charge on any atom is -0.457 e. The van der Waals surface area contributed by atoms with Crippen LogP contribution in [0.5, 0.6) is 0 Å². The Hall–Kier alpha value is -1.05. The predicted octanol–water partition coefficient (Wildman–Crippen LogP) is 1.29. The summed E-state index contributed by atoms with van der Waals surface area (Å²) in [7, 11) is 0. The molecule has 58 heavy (non-hydrogen) atoms. The Bertz CT molecular complexity index is 1570. The van der Waals surface area contributed by atoms with Crippen molar-refractivity contribution in [3.8, 4) is 0 Å². The molecular formula is C43H70O15. The van der Waals surface area contributed by atoms with Crippen LogP contribution >= 0.6 is 0 Å².